The second-order valence-corrected chi connectivity index (χ2v) is 8.23. The molecule has 1 N–H and O–H groups in total. The summed E-state index contributed by atoms with van der Waals surface area (Å²) in [5.41, 5.74) is 4.01. The smallest absolute Gasteiger partial charge is 0.254 e. The Balaban J connectivity index is 1.88. The molecule has 2 aromatic rings. The monoisotopic (exact) mass is 378 g/mol. The van der Waals surface area contributed by atoms with Gasteiger partial charge >= 0.3 is 0 Å². The number of hydrogen-bond donors (Lipinski definition) is 1. The van der Waals surface area contributed by atoms with Gasteiger partial charge in [0.1, 0.15) is 0 Å². The molecule has 1 saturated heterocycles. The molecule has 4 nitrogen and oxygen atoms in total. The summed E-state index contributed by atoms with van der Waals surface area (Å²) in [6.45, 7) is 9.87. The fourth-order valence-corrected chi connectivity index (χ4v) is 3.97. The van der Waals surface area contributed by atoms with Crippen LogP contribution in [0, 0.1) is 25.7 Å². The van der Waals surface area contributed by atoms with Crippen LogP contribution in [0.15, 0.2) is 48.5 Å². The number of nitrogens with zero attached hydrogens (tertiary/aromatic N) is 1. The Morgan fingerprint density at radius 1 is 1.00 bits per heavy atom. The van der Waals surface area contributed by atoms with Crippen molar-refractivity contribution >= 4 is 11.8 Å². The first-order chi connectivity index (χ1) is 13.4. The van der Waals surface area contributed by atoms with Crippen molar-refractivity contribution in [1.82, 2.24) is 10.2 Å². The zero-order chi connectivity index (χ0) is 20.3. The minimum atomic E-state index is -0.229. The molecule has 4 heteroatoms. The maximum atomic E-state index is 13.2. The Morgan fingerprint density at radius 3 is 2.29 bits per heavy atom. The van der Waals surface area contributed by atoms with Crippen LogP contribution in [0.25, 0.3) is 0 Å². The quantitative estimate of drug-likeness (QED) is 0.857. The lowest BCUT2D eigenvalue weighted by Gasteiger charge is -2.20. The summed E-state index contributed by atoms with van der Waals surface area (Å²) in [6, 6.07) is 15.8. The third kappa shape index (κ3) is 4.27. The van der Waals surface area contributed by atoms with Crippen LogP contribution in [-0.4, -0.2) is 36.3 Å². The van der Waals surface area contributed by atoms with Gasteiger partial charge in [-0.25, -0.2) is 0 Å². The van der Waals surface area contributed by atoms with Gasteiger partial charge in [-0.15, -0.1) is 0 Å². The Hall–Kier alpha value is -2.62. The molecule has 2 aromatic carbocycles. The lowest BCUT2D eigenvalue weighted by molar-refractivity contribution is -0.125. The van der Waals surface area contributed by atoms with Gasteiger partial charge in [-0.1, -0.05) is 56.3 Å². The first-order valence-corrected chi connectivity index (χ1v) is 10.1. The maximum Gasteiger partial charge on any atom is 0.254 e. The first kappa shape index (κ1) is 20.1. The molecule has 3 rings (SSSR count). The van der Waals surface area contributed by atoms with E-state index in [1.54, 1.807) is 0 Å². The summed E-state index contributed by atoms with van der Waals surface area (Å²) in [4.78, 5) is 28.0. The number of benzene rings is 2. The largest absolute Gasteiger partial charge is 0.356 e. The van der Waals surface area contributed by atoms with Gasteiger partial charge in [-0.3, -0.25) is 9.59 Å². The van der Waals surface area contributed by atoms with Crippen LogP contribution >= 0.6 is 0 Å². The molecule has 28 heavy (non-hydrogen) atoms. The number of amides is 2. The van der Waals surface area contributed by atoms with Crippen LogP contribution in [0.3, 0.4) is 0 Å². The molecule has 0 aliphatic carbocycles. The van der Waals surface area contributed by atoms with Crippen molar-refractivity contribution < 1.29 is 9.59 Å². The maximum absolute atomic E-state index is 13.2. The summed E-state index contributed by atoms with van der Waals surface area (Å²) in [7, 11) is 0. The highest BCUT2D eigenvalue weighted by Gasteiger charge is 2.41. The number of nitrogens with one attached hydrogen (secondary N) is 1. The fraction of sp³-hybridized carbons (Fsp3) is 0.417. The SMILES string of the molecule is Cc1ccccc1C(=O)N1CC(C(=O)NCC(C)C)C(c2ccccc2C)C1. The highest BCUT2D eigenvalue weighted by Crippen LogP contribution is 2.35. The summed E-state index contributed by atoms with van der Waals surface area (Å²) in [6.07, 6.45) is 0. The number of carbonyl (C=O) groups excluding carboxylic acids is 2. The molecule has 2 atom stereocenters. The van der Waals surface area contributed by atoms with Crippen molar-refractivity contribution in [1.29, 1.82) is 0 Å². The highest BCUT2D eigenvalue weighted by molar-refractivity contribution is 5.96. The van der Waals surface area contributed by atoms with Gasteiger partial charge < -0.3 is 10.2 Å². The molecule has 1 fully saturated rings. The molecular weight excluding hydrogens is 348 g/mol. The van der Waals surface area contributed by atoms with Crippen molar-refractivity contribution in [3.8, 4) is 0 Å². The van der Waals surface area contributed by atoms with Crippen LogP contribution < -0.4 is 5.32 Å². The summed E-state index contributed by atoms with van der Waals surface area (Å²) in [5, 5.41) is 3.08. The van der Waals surface area contributed by atoms with E-state index in [4.69, 9.17) is 0 Å². The zero-order valence-electron chi connectivity index (χ0n) is 17.2. The molecule has 1 aliphatic rings. The Labute approximate surface area is 167 Å². The van der Waals surface area contributed by atoms with E-state index in [-0.39, 0.29) is 23.7 Å². The topological polar surface area (TPSA) is 49.4 Å². The molecule has 0 aromatic heterocycles. The van der Waals surface area contributed by atoms with Crippen molar-refractivity contribution in [2.45, 2.75) is 33.6 Å². The van der Waals surface area contributed by atoms with Gasteiger partial charge in [-0.05, 0) is 42.5 Å². The standard InChI is InChI=1S/C24H30N2O2/c1-16(2)13-25-23(27)22-15-26(24(28)20-12-8-6-10-18(20)4)14-21(22)19-11-7-5-9-17(19)3/h5-12,16,21-22H,13-15H2,1-4H3,(H,25,27). The lowest BCUT2D eigenvalue weighted by atomic mass is 9.86. The lowest BCUT2D eigenvalue weighted by Crippen LogP contribution is -2.37. The van der Waals surface area contributed by atoms with Crippen LogP contribution in [0.5, 0.6) is 0 Å². The van der Waals surface area contributed by atoms with E-state index < -0.39 is 0 Å². The third-order valence-corrected chi connectivity index (χ3v) is 5.59. The van der Waals surface area contributed by atoms with E-state index in [0.29, 0.717) is 31.1 Å². The molecule has 2 unspecified atom stereocenters. The normalized spacial score (nSPS) is 19.1. The Bertz CT molecular complexity index is 859. The second kappa shape index (κ2) is 8.59. The van der Waals surface area contributed by atoms with Gasteiger partial charge in [0.2, 0.25) is 5.91 Å². The minimum Gasteiger partial charge on any atom is -0.356 e. The van der Waals surface area contributed by atoms with Crippen molar-refractivity contribution in [2.75, 3.05) is 19.6 Å². The zero-order valence-corrected chi connectivity index (χ0v) is 17.2. The molecule has 0 saturated carbocycles. The molecule has 148 valence electrons. The molecule has 1 aliphatic heterocycles. The predicted molar refractivity (Wildman–Crippen MR) is 112 cm³/mol. The number of hydrogen-bond acceptors (Lipinski definition) is 2. The number of likely N-dealkylation sites (tertiary alicyclic amines) is 1. The van der Waals surface area contributed by atoms with Crippen LogP contribution in [-0.2, 0) is 4.79 Å². The van der Waals surface area contributed by atoms with E-state index in [9.17, 15) is 9.59 Å². The van der Waals surface area contributed by atoms with Crippen LogP contribution in [0.4, 0.5) is 0 Å². The number of carbonyl (C=O) groups is 2. The van der Waals surface area contributed by atoms with Gasteiger partial charge in [0.15, 0.2) is 0 Å². The number of rotatable bonds is 5. The molecule has 0 spiro atoms. The molecule has 2 amide bonds. The molecule has 1 heterocycles. The predicted octanol–water partition coefficient (Wildman–Crippen LogP) is 3.93. The number of aryl methyl sites for hydroxylation is 2. The second-order valence-electron chi connectivity index (χ2n) is 8.23. The van der Waals surface area contributed by atoms with Crippen LogP contribution in [0.2, 0.25) is 0 Å². The minimum absolute atomic E-state index is 0.0100. The third-order valence-electron chi connectivity index (χ3n) is 5.59. The fourth-order valence-electron chi connectivity index (χ4n) is 3.97. The van der Waals surface area contributed by atoms with E-state index in [0.717, 1.165) is 11.1 Å². The Kier molecular flexibility index (Phi) is 6.18. The highest BCUT2D eigenvalue weighted by atomic mass is 16.2. The average molecular weight is 379 g/mol. The van der Waals surface area contributed by atoms with Gasteiger partial charge in [0.25, 0.3) is 5.91 Å². The molecule has 0 bridgehead atoms. The Morgan fingerprint density at radius 2 is 1.64 bits per heavy atom. The average Bonchev–Trinajstić information content (AvgIpc) is 3.11. The summed E-state index contributed by atoms with van der Waals surface area (Å²) in [5.74, 6) is 0.235. The van der Waals surface area contributed by atoms with Gasteiger partial charge in [0, 0.05) is 31.1 Å². The van der Waals surface area contributed by atoms with E-state index in [2.05, 4.69) is 38.2 Å². The van der Waals surface area contributed by atoms with Crippen molar-refractivity contribution in [3.63, 3.8) is 0 Å². The molecule has 0 radical (unpaired) electrons. The summed E-state index contributed by atoms with van der Waals surface area (Å²) >= 11 is 0. The molecular formula is C24H30N2O2. The van der Waals surface area contributed by atoms with Gasteiger partial charge in [-0.2, -0.15) is 0 Å². The summed E-state index contributed by atoms with van der Waals surface area (Å²) < 4.78 is 0. The van der Waals surface area contributed by atoms with E-state index >= 15 is 0 Å². The van der Waals surface area contributed by atoms with Crippen molar-refractivity contribution in [2.24, 2.45) is 11.8 Å². The van der Waals surface area contributed by atoms with E-state index in [1.807, 2.05) is 48.2 Å². The van der Waals surface area contributed by atoms with Crippen molar-refractivity contribution in [3.05, 3.63) is 70.8 Å². The van der Waals surface area contributed by atoms with Gasteiger partial charge in [0.05, 0.1) is 5.92 Å². The first-order valence-electron chi connectivity index (χ1n) is 10.1. The van der Waals surface area contributed by atoms with Crippen LogP contribution in [0.1, 0.15) is 46.8 Å². The van der Waals surface area contributed by atoms with E-state index in [1.165, 1.54) is 5.56 Å².